The van der Waals surface area contributed by atoms with Crippen LogP contribution in [-0.4, -0.2) is 6.04 Å². The van der Waals surface area contributed by atoms with E-state index in [0.717, 1.165) is 24.8 Å². The number of rotatable bonds is 6. The lowest BCUT2D eigenvalue weighted by Gasteiger charge is -2.12. The van der Waals surface area contributed by atoms with Gasteiger partial charge >= 0.3 is 0 Å². The highest BCUT2D eigenvalue weighted by Gasteiger charge is 2.10. The lowest BCUT2D eigenvalue weighted by Crippen LogP contribution is -2.23. The second-order valence-corrected chi connectivity index (χ2v) is 6.47. The molecule has 1 aromatic heterocycles. The first-order valence-corrected chi connectivity index (χ1v) is 8.05. The molecule has 0 saturated heterocycles. The third-order valence-electron chi connectivity index (χ3n) is 3.09. The largest absolute Gasteiger partial charge is 0.327 e. The van der Waals surface area contributed by atoms with Gasteiger partial charge in [-0.3, -0.25) is 0 Å². The van der Waals surface area contributed by atoms with E-state index in [1.807, 2.05) is 6.07 Å². The minimum absolute atomic E-state index is 0.0815. The molecule has 0 amide bonds. The SMILES string of the molecule is NC(CCCc1cccs1)Cc1cccc(F)c1Br. The van der Waals surface area contributed by atoms with E-state index in [9.17, 15) is 4.39 Å². The average molecular weight is 342 g/mol. The maximum absolute atomic E-state index is 13.4. The first kappa shape index (κ1) is 14.7. The monoisotopic (exact) mass is 341 g/mol. The molecule has 1 unspecified atom stereocenters. The Labute approximate surface area is 125 Å². The molecule has 2 N–H and O–H groups in total. The summed E-state index contributed by atoms with van der Waals surface area (Å²) < 4.78 is 13.9. The number of halogens is 2. The smallest absolute Gasteiger partial charge is 0.137 e. The first-order valence-electron chi connectivity index (χ1n) is 6.37. The topological polar surface area (TPSA) is 26.0 Å². The van der Waals surface area contributed by atoms with Crippen molar-refractivity contribution in [1.29, 1.82) is 0 Å². The molecule has 0 aliphatic rings. The Morgan fingerprint density at radius 3 is 2.84 bits per heavy atom. The Morgan fingerprint density at radius 2 is 2.11 bits per heavy atom. The minimum atomic E-state index is -0.219. The molecule has 0 aliphatic carbocycles. The van der Waals surface area contributed by atoms with Crippen LogP contribution in [0.3, 0.4) is 0 Å². The van der Waals surface area contributed by atoms with Crippen molar-refractivity contribution in [2.45, 2.75) is 31.7 Å². The molecule has 102 valence electrons. The second-order valence-electron chi connectivity index (χ2n) is 4.65. The molecule has 1 heterocycles. The zero-order valence-corrected chi connectivity index (χ0v) is 13.0. The molecule has 2 aromatic rings. The van der Waals surface area contributed by atoms with Gasteiger partial charge in [-0.15, -0.1) is 11.3 Å². The highest BCUT2D eigenvalue weighted by molar-refractivity contribution is 9.10. The molecule has 0 radical (unpaired) electrons. The quantitative estimate of drug-likeness (QED) is 0.819. The summed E-state index contributed by atoms with van der Waals surface area (Å²) in [7, 11) is 0. The summed E-state index contributed by atoms with van der Waals surface area (Å²) in [5.41, 5.74) is 7.07. The predicted octanol–water partition coefficient (Wildman–Crippen LogP) is 4.54. The summed E-state index contributed by atoms with van der Waals surface area (Å²) >= 11 is 5.06. The molecule has 1 aromatic carbocycles. The van der Waals surface area contributed by atoms with Crippen LogP contribution in [0.2, 0.25) is 0 Å². The minimum Gasteiger partial charge on any atom is -0.327 e. The fourth-order valence-electron chi connectivity index (χ4n) is 2.08. The molecular formula is C15H17BrFNS. The normalized spacial score (nSPS) is 12.6. The van der Waals surface area contributed by atoms with E-state index in [4.69, 9.17) is 5.73 Å². The fraction of sp³-hybridized carbons (Fsp3) is 0.333. The third kappa shape index (κ3) is 4.41. The van der Waals surface area contributed by atoms with Gasteiger partial charge in [-0.1, -0.05) is 18.2 Å². The van der Waals surface area contributed by atoms with E-state index < -0.39 is 0 Å². The summed E-state index contributed by atoms with van der Waals surface area (Å²) in [5.74, 6) is -0.219. The lowest BCUT2D eigenvalue weighted by atomic mass is 10.0. The molecule has 0 fully saturated rings. The third-order valence-corrected chi connectivity index (χ3v) is 4.92. The standard InChI is InChI=1S/C15H17BrFNS/c16-15-11(4-1-8-14(15)17)10-12(18)5-2-6-13-7-3-9-19-13/h1,3-4,7-9,12H,2,5-6,10,18H2. The van der Waals surface area contributed by atoms with Crippen molar-refractivity contribution < 1.29 is 4.39 Å². The Balaban J connectivity index is 1.80. The van der Waals surface area contributed by atoms with Crippen LogP contribution in [-0.2, 0) is 12.8 Å². The number of hydrogen-bond acceptors (Lipinski definition) is 2. The number of thiophene rings is 1. The maximum Gasteiger partial charge on any atom is 0.137 e. The van der Waals surface area contributed by atoms with Gasteiger partial charge in [0, 0.05) is 10.9 Å². The molecule has 0 saturated carbocycles. The van der Waals surface area contributed by atoms with E-state index in [1.54, 1.807) is 17.4 Å². The van der Waals surface area contributed by atoms with Crippen LogP contribution < -0.4 is 5.73 Å². The Bertz CT molecular complexity index is 513. The van der Waals surface area contributed by atoms with Gasteiger partial charge in [-0.25, -0.2) is 4.39 Å². The van der Waals surface area contributed by atoms with Crippen molar-refractivity contribution in [3.8, 4) is 0 Å². The van der Waals surface area contributed by atoms with E-state index in [1.165, 1.54) is 10.9 Å². The maximum atomic E-state index is 13.4. The zero-order valence-electron chi connectivity index (χ0n) is 10.6. The van der Waals surface area contributed by atoms with Crippen LogP contribution in [0.4, 0.5) is 4.39 Å². The van der Waals surface area contributed by atoms with E-state index in [2.05, 4.69) is 33.4 Å². The van der Waals surface area contributed by atoms with E-state index in [-0.39, 0.29) is 11.9 Å². The summed E-state index contributed by atoms with van der Waals surface area (Å²) in [6, 6.07) is 9.41. The van der Waals surface area contributed by atoms with Crippen molar-refractivity contribution >= 4 is 27.3 Å². The van der Waals surface area contributed by atoms with Gasteiger partial charge < -0.3 is 5.73 Å². The summed E-state index contributed by atoms with van der Waals surface area (Å²) in [6.45, 7) is 0. The Morgan fingerprint density at radius 1 is 1.26 bits per heavy atom. The van der Waals surface area contributed by atoms with Crippen molar-refractivity contribution in [2.75, 3.05) is 0 Å². The summed E-state index contributed by atoms with van der Waals surface area (Å²) in [4.78, 5) is 1.40. The van der Waals surface area contributed by atoms with Crippen LogP contribution in [0.1, 0.15) is 23.3 Å². The van der Waals surface area contributed by atoms with Crippen LogP contribution in [0.15, 0.2) is 40.2 Å². The van der Waals surface area contributed by atoms with Gasteiger partial charge in [0.15, 0.2) is 0 Å². The Hall–Kier alpha value is -0.710. The lowest BCUT2D eigenvalue weighted by molar-refractivity contribution is 0.574. The number of benzene rings is 1. The van der Waals surface area contributed by atoms with Crippen molar-refractivity contribution in [3.05, 3.63) is 56.4 Å². The summed E-state index contributed by atoms with van der Waals surface area (Å²) in [6.07, 6.45) is 3.83. The van der Waals surface area contributed by atoms with Crippen molar-refractivity contribution in [3.63, 3.8) is 0 Å². The summed E-state index contributed by atoms with van der Waals surface area (Å²) in [5, 5.41) is 2.10. The second kappa shape index (κ2) is 7.17. The number of nitrogens with two attached hydrogens (primary N) is 1. The van der Waals surface area contributed by atoms with Crippen molar-refractivity contribution in [1.82, 2.24) is 0 Å². The molecule has 4 heteroatoms. The molecule has 0 bridgehead atoms. The van der Waals surface area contributed by atoms with Gasteiger partial charge in [-0.05, 0) is 64.7 Å². The Kier molecular flexibility index (Phi) is 5.55. The molecule has 1 nitrogen and oxygen atoms in total. The molecular weight excluding hydrogens is 325 g/mol. The van der Waals surface area contributed by atoms with Crippen LogP contribution in [0.5, 0.6) is 0 Å². The van der Waals surface area contributed by atoms with Crippen molar-refractivity contribution in [2.24, 2.45) is 5.73 Å². The van der Waals surface area contributed by atoms with Gasteiger partial charge in [0.2, 0.25) is 0 Å². The molecule has 0 aliphatic heterocycles. The predicted molar refractivity (Wildman–Crippen MR) is 83.0 cm³/mol. The molecule has 2 rings (SSSR count). The number of hydrogen-bond donors (Lipinski definition) is 1. The van der Waals surface area contributed by atoms with Gasteiger partial charge in [0.25, 0.3) is 0 Å². The zero-order chi connectivity index (χ0) is 13.7. The van der Waals surface area contributed by atoms with E-state index >= 15 is 0 Å². The average Bonchev–Trinajstić information content (AvgIpc) is 2.88. The van der Waals surface area contributed by atoms with Crippen LogP contribution in [0.25, 0.3) is 0 Å². The highest BCUT2D eigenvalue weighted by atomic mass is 79.9. The highest BCUT2D eigenvalue weighted by Crippen LogP contribution is 2.22. The van der Waals surface area contributed by atoms with Crippen LogP contribution >= 0.6 is 27.3 Å². The van der Waals surface area contributed by atoms with Gasteiger partial charge in [0.1, 0.15) is 5.82 Å². The van der Waals surface area contributed by atoms with Gasteiger partial charge in [0.05, 0.1) is 4.47 Å². The molecule has 1 atom stereocenters. The first-order chi connectivity index (χ1) is 9.16. The number of aryl methyl sites for hydroxylation is 1. The fourth-order valence-corrected chi connectivity index (χ4v) is 3.26. The van der Waals surface area contributed by atoms with E-state index in [0.29, 0.717) is 10.9 Å². The molecule has 19 heavy (non-hydrogen) atoms. The van der Waals surface area contributed by atoms with Gasteiger partial charge in [-0.2, -0.15) is 0 Å². The van der Waals surface area contributed by atoms with Crippen LogP contribution in [0, 0.1) is 5.82 Å². The molecule has 0 spiro atoms.